The quantitative estimate of drug-likeness (QED) is 0.216. The first kappa shape index (κ1) is 24.9. The highest BCUT2D eigenvalue weighted by Crippen LogP contribution is 2.34. The molecule has 0 spiro atoms. The largest absolute Gasteiger partial charge is 0.208 e. The van der Waals surface area contributed by atoms with Crippen molar-refractivity contribution in [2.24, 2.45) is 0 Å². The summed E-state index contributed by atoms with van der Waals surface area (Å²) in [4.78, 5) is 14.9. The third-order valence-electron chi connectivity index (χ3n) is 7.18. The molecule has 0 amide bonds. The van der Waals surface area contributed by atoms with Crippen LogP contribution in [0.3, 0.4) is 0 Å². The maximum atomic E-state index is 6.35. The van der Waals surface area contributed by atoms with E-state index in [1.165, 1.54) is 16.5 Å². The molecule has 41 heavy (non-hydrogen) atoms. The Balaban J connectivity index is 1.38. The highest BCUT2D eigenvalue weighted by molar-refractivity contribution is 6.30. The Morgan fingerprint density at radius 3 is 1.59 bits per heavy atom. The molecule has 1 heterocycles. The predicted molar refractivity (Wildman–Crippen MR) is 170 cm³/mol. The van der Waals surface area contributed by atoms with E-state index in [4.69, 9.17) is 26.6 Å². The number of fused-ring (bicyclic) bond motifs is 1. The SMILES string of the molecule is Clc1cccc(-c2ccccc2-c2nc(-c3ccccc3)nc(-c3ccc4cc(-c5ccccc5)ccc4c3)n2)c1. The fourth-order valence-corrected chi connectivity index (χ4v) is 5.31. The van der Waals surface area contributed by atoms with Crippen molar-refractivity contribution < 1.29 is 0 Å². The van der Waals surface area contributed by atoms with Crippen LogP contribution in [0.4, 0.5) is 0 Å². The van der Waals surface area contributed by atoms with Gasteiger partial charge < -0.3 is 0 Å². The van der Waals surface area contributed by atoms with Crippen LogP contribution in [0.5, 0.6) is 0 Å². The number of hydrogen-bond acceptors (Lipinski definition) is 3. The van der Waals surface area contributed by atoms with Crippen molar-refractivity contribution in [1.82, 2.24) is 15.0 Å². The van der Waals surface area contributed by atoms with Crippen molar-refractivity contribution in [2.45, 2.75) is 0 Å². The Morgan fingerprint density at radius 2 is 0.878 bits per heavy atom. The minimum atomic E-state index is 0.615. The molecule has 194 valence electrons. The molecule has 0 saturated carbocycles. The lowest BCUT2D eigenvalue weighted by atomic mass is 9.98. The van der Waals surface area contributed by atoms with Gasteiger partial charge in [-0.3, -0.25) is 0 Å². The van der Waals surface area contributed by atoms with Crippen molar-refractivity contribution in [2.75, 3.05) is 0 Å². The minimum absolute atomic E-state index is 0.615. The second-order valence-electron chi connectivity index (χ2n) is 9.87. The Morgan fingerprint density at radius 1 is 0.341 bits per heavy atom. The first-order valence-electron chi connectivity index (χ1n) is 13.5. The summed E-state index contributed by atoms with van der Waals surface area (Å²) in [6, 6.07) is 49.4. The molecule has 6 aromatic carbocycles. The van der Waals surface area contributed by atoms with E-state index in [1.807, 2.05) is 66.7 Å². The monoisotopic (exact) mass is 545 g/mol. The van der Waals surface area contributed by atoms with Crippen molar-refractivity contribution >= 4 is 22.4 Å². The molecule has 3 nitrogen and oxygen atoms in total. The molecule has 0 unspecified atom stereocenters. The first-order chi connectivity index (χ1) is 20.2. The summed E-state index contributed by atoms with van der Waals surface area (Å²) in [5.74, 6) is 1.87. The third kappa shape index (κ3) is 5.11. The maximum Gasteiger partial charge on any atom is 0.164 e. The molecule has 0 atom stereocenters. The van der Waals surface area contributed by atoms with Crippen LogP contribution < -0.4 is 0 Å². The first-order valence-corrected chi connectivity index (χ1v) is 13.9. The van der Waals surface area contributed by atoms with Crippen molar-refractivity contribution in [1.29, 1.82) is 0 Å². The van der Waals surface area contributed by atoms with E-state index in [0.717, 1.165) is 33.2 Å². The molecular weight excluding hydrogens is 522 g/mol. The Kier molecular flexibility index (Phi) is 6.56. The zero-order valence-electron chi connectivity index (χ0n) is 22.1. The fourth-order valence-electron chi connectivity index (χ4n) is 5.12. The molecule has 0 aliphatic heterocycles. The molecule has 0 saturated heterocycles. The van der Waals surface area contributed by atoms with Gasteiger partial charge in [0.1, 0.15) is 0 Å². The fraction of sp³-hybridized carbons (Fsp3) is 0. The van der Waals surface area contributed by atoms with Gasteiger partial charge in [-0.1, -0.05) is 133 Å². The van der Waals surface area contributed by atoms with Gasteiger partial charge in [0.25, 0.3) is 0 Å². The van der Waals surface area contributed by atoms with Crippen LogP contribution in [-0.2, 0) is 0 Å². The van der Waals surface area contributed by atoms with Gasteiger partial charge in [-0.05, 0) is 57.3 Å². The van der Waals surface area contributed by atoms with Crippen molar-refractivity contribution in [3.05, 3.63) is 151 Å². The average molecular weight is 546 g/mol. The Labute approximate surface area is 243 Å². The molecule has 4 heteroatoms. The van der Waals surface area contributed by atoms with Gasteiger partial charge in [-0.15, -0.1) is 0 Å². The van der Waals surface area contributed by atoms with Crippen LogP contribution in [0.25, 0.3) is 67.2 Å². The summed E-state index contributed by atoms with van der Waals surface area (Å²) in [6.07, 6.45) is 0. The number of nitrogens with zero attached hydrogens (tertiary/aromatic N) is 3. The van der Waals surface area contributed by atoms with Crippen LogP contribution in [0.1, 0.15) is 0 Å². The lowest BCUT2D eigenvalue weighted by Gasteiger charge is -2.12. The summed E-state index contributed by atoms with van der Waals surface area (Å²) in [5, 5.41) is 2.98. The van der Waals surface area contributed by atoms with E-state index in [-0.39, 0.29) is 0 Å². The van der Waals surface area contributed by atoms with Gasteiger partial charge >= 0.3 is 0 Å². The molecule has 0 aliphatic carbocycles. The minimum Gasteiger partial charge on any atom is -0.208 e. The smallest absolute Gasteiger partial charge is 0.164 e. The highest BCUT2D eigenvalue weighted by atomic mass is 35.5. The number of hydrogen-bond donors (Lipinski definition) is 0. The topological polar surface area (TPSA) is 38.7 Å². The second kappa shape index (κ2) is 10.8. The molecule has 0 bridgehead atoms. The molecule has 0 fully saturated rings. The lowest BCUT2D eigenvalue weighted by Crippen LogP contribution is -2.01. The van der Waals surface area contributed by atoms with Gasteiger partial charge in [0.05, 0.1) is 0 Å². The number of aromatic nitrogens is 3. The van der Waals surface area contributed by atoms with Crippen LogP contribution in [0, 0.1) is 0 Å². The van der Waals surface area contributed by atoms with Gasteiger partial charge in [-0.25, -0.2) is 15.0 Å². The van der Waals surface area contributed by atoms with Crippen LogP contribution >= 0.6 is 11.6 Å². The van der Waals surface area contributed by atoms with Crippen LogP contribution in [0.15, 0.2) is 146 Å². The molecular formula is C37H24ClN3. The number of halogens is 1. The summed E-state index contributed by atoms with van der Waals surface area (Å²) in [5.41, 5.74) is 7.21. The van der Waals surface area contributed by atoms with E-state index in [1.54, 1.807) is 0 Å². The van der Waals surface area contributed by atoms with E-state index in [0.29, 0.717) is 22.5 Å². The number of benzene rings is 6. The highest BCUT2D eigenvalue weighted by Gasteiger charge is 2.16. The summed E-state index contributed by atoms with van der Waals surface area (Å²) in [6.45, 7) is 0. The summed E-state index contributed by atoms with van der Waals surface area (Å²) >= 11 is 6.35. The summed E-state index contributed by atoms with van der Waals surface area (Å²) < 4.78 is 0. The zero-order chi connectivity index (χ0) is 27.6. The Bertz CT molecular complexity index is 2000. The van der Waals surface area contributed by atoms with Gasteiger partial charge in [0.2, 0.25) is 0 Å². The maximum absolute atomic E-state index is 6.35. The molecule has 0 N–H and O–H groups in total. The molecule has 0 aliphatic rings. The lowest BCUT2D eigenvalue weighted by molar-refractivity contribution is 1.07. The van der Waals surface area contributed by atoms with Crippen LogP contribution in [0.2, 0.25) is 5.02 Å². The molecule has 0 radical (unpaired) electrons. The second-order valence-corrected chi connectivity index (χ2v) is 10.3. The normalized spacial score (nSPS) is 11.0. The summed E-state index contributed by atoms with van der Waals surface area (Å²) in [7, 11) is 0. The van der Waals surface area contributed by atoms with E-state index in [9.17, 15) is 0 Å². The third-order valence-corrected chi connectivity index (χ3v) is 7.41. The van der Waals surface area contributed by atoms with Gasteiger partial charge in [-0.2, -0.15) is 0 Å². The van der Waals surface area contributed by atoms with Gasteiger partial charge in [0.15, 0.2) is 17.5 Å². The van der Waals surface area contributed by atoms with E-state index < -0.39 is 0 Å². The molecule has 7 aromatic rings. The van der Waals surface area contributed by atoms with Crippen molar-refractivity contribution in [3.8, 4) is 56.4 Å². The Hall–Kier alpha value is -5.12. The average Bonchev–Trinajstić information content (AvgIpc) is 3.05. The zero-order valence-corrected chi connectivity index (χ0v) is 22.8. The van der Waals surface area contributed by atoms with Gasteiger partial charge in [0, 0.05) is 21.7 Å². The molecule has 1 aromatic heterocycles. The van der Waals surface area contributed by atoms with E-state index in [2.05, 4.69) is 78.9 Å². The number of rotatable bonds is 5. The van der Waals surface area contributed by atoms with Crippen molar-refractivity contribution in [3.63, 3.8) is 0 Å². The van der Waals surface area contributed by atoms with E-state index >= 15 is 0 Å². The molecule has 7 rings (SSSR count). The van der Waals surface area contributed by atoms with Crippen LogP contribution in [-0.4, -0.2) is 15.0 Å². The standard InChI is InChI=1S/C37H24ClN3/c38-32-15-9-14-30(24-32)33-16-7-8-17-34(33)37-40-35(26-12-5-2-6-13-26)39-36(41-37)31-21-20-28-22-27(18-19-29(28)23-31)25-10-3-1-4-11-25/h1-24H. The predicted octanol–water partition coefficient (Wildman–Crippen LogP) is 10.0.